The molecule has 1 amide bonds. The molecule has 0 bridgehead atoms. The normalized spacial score (nSPS) is 13.5. The first kappa shape index (κ1) is 16.6. The Kier molecular flexibility index (Phi) is 5.29. The molecule has 0 aliphatic rings. The Morgan fingerprint density at radius 3 is 2.35 bits per heavy atom. The molecule has 7 nitrogen and oxygen atoms in total. The fourth-order valence-corrected chi connectivity index (χ4v) is 3.31. The van der Waals surface area contributed by atoms with Crippen molar-refractivity contribution in [1.29, 1.82) is 0 Å². The fraction of sp³-hybridized carbons (Fsp3) is 0.667. The molecule has 0 spiro atoms. The molecule has 114 valence electrons. The average molecular weight is 302 g/mol. The van der Waals surface area contributed by atoms with E-state index < -0.39 is 16.1 Å². The van der Waals surface area contributed by atoms with E-state index in [0.29, 0.717) is 23.9 Å². The molecule has 0 radical (unpaired) electrons. The topological polar surface area (TPSA) is 104 Å². The number of nitrogens with zero attached hydrogens (tertiary/aromatic N) is 1. The Morgan fingerprint density at radius 1 is 1.30 bits per heavy atom. The maximum absolute atomic E-state index is 12.2. The van der Waals surface area contributed by atoms with Gasteiger partial charge < -0.3 is 5.32 Å². The molecule has 0 aromatic carbocycles. The number of aryl methyl sites for hydroxylation is 2. The van der Waals surface area contributed by atoms with Crippen molar-refractivity contribution in [3.63, 3.8) is 0 Å². The lowest BCUT2D eigenvalue weighted by Gasteiger charge is -2.15. The Bertz CT molecular complexity index is 558. The van der Waals surface area contributed by atoms with Crippen molar-refractivity contribution in [2.45, 2.75) is 45.6 Å². The molecule has 20 heavy (non-hydrogen) atoms. The number of carbonyl (C=O) groups is 1. The van der Waals surface area contributed by atoms with Crippen molar-refractivity contribution in [1.82, 2.24) is 20.2 Å². The summed E-state index contributed by atoms with van der Waals surface area (Å²) in [5, 5.41) is 9.15. The molecule has 0 aliphatic carbocycles. The first-order valence-corrected chi connectivity index (χ1v) is 7.95. The molecule has 1 aromatic rings. The molecular formula is C12H22N4O3S. The number of aromatic amines is 1. The van der Waals surface area contributed by atoms with Crippen LogP contribution in [0.1, 0.15) is 32.2 Å². The third kappa shape index (κ3) is 4.04. The van der Waals surface area contributed by atoms with Crippen LogP contribution in [0.2, 0.25) is 0 Å². The van der Waals surface area contributed by atoms with E-state index in [1.807, 2.05) is 13.8 Å². The van der Waals surface area contributed by atoms with Crippen LogP contribution in [0.5, 0.6) is 0 Å². The first-order valence-electron chi connectivity index (χ1n) is 6.46. The van der Waals surface area contributed by atoms with E-state index in [1.165, 1.54) is 6.92 Å². The van der Waals surface area contributed by atoms with Crippen LogP contribution < -0.4 is 10.0 Å². The predicted molar refractivity (Wildman–Crippen MR) is 75.7 cm³/mol. The zero-order valence-electron chi connectivity index (χ0n) is 12.4. The maximum atomic E-state index is 12.2. The number of aromatic nitrogens is 2. The predicted octanol–water partition coefficient (Wildman–Crippen LogP) is 0.466. The molecule has 1 rings (SSSR count). The van der Waals surface area contributed by atoms with E-state index in [0.717, 1.165) is 0 Å². The summed E-state index contributed by atoms with van der Waals surface area (Å²) in [4.78, 5) is 11.9. The number of amides is 1. The smallest absolute Gasteiger partial charge is 0.244 e. The third-order valence-electron chi connectivity index (χ3n) is 2.74. The Labute approximate surface area is 119 Å². The Balaban J connectivity index is 2.79. The van der Waals surface area contributed by atoms with Crippen molar-refractivity contribution in [2.24, 2.45) is 5.92 Å². The van der Waals surface area contributed by atoms with E-state index in [2.05, 4.69) is 20.2 Å². The van der Waals surface area contributed by atoms with E-state index >= 15 is 0 Å². The van der Waals surface area contributed by atoms with Crippen molar-refractivity contribution >= 4 is 15.9 Å². The fourth-order valence-electron chi connectivity index (χ4n) is 1.74. The minimum absolute atomic E-state index is 0.0982. The van der Waals surface area contributed by atoms with Gasteiger partial charge in [-0.25, -0.2) is 8.42 Å². The second kappa shape index (κ2) is 6.36. The van der Waals surface area contributed by atoms with Gasteiger partial charge in [0.05, 0.1) is 17.4 Å². The highest BCUT2D eigenvalue weighted by atomic mass is 32.2. The van der Waals surface area contributed by atoms with E-state index in [-0.39, 0.29) is 10.8 Å². The van der Waals surface area contributed by atoms with E-state index in [1.54, 1.807) is 13.8 Å². The third-order valence-corrected chi connectivity index (χ3v) is 4.54. The summed E-state index contributed by atoms with van der Waals surface area (Å²) >= 11 is 0. The van der Waals surface area contributed by atoms with Crippen LogP contribution in [0.25, 0.3) is 0 Å². The summed E-state index contributed by atoms with van der Waals surface area (Å²) in [6.45, 7) is 9.17. The van der Waals surface area contributed by atoms with Crippen LogP contribution in [0, 0.1) is 19.8 Å². The summed E-state index contributed by atoms with van der Waals surface area (Å²) in [5.74, 6) is -0.0396. The average Bonchev–Trinajstić information content (AvgIpc) is 2.65. The van der Waals surface area contributed by atoms with Gasteiger partial charge in [0.2, 0.25) is 15.9 Å². The largest absolute Gasteiger partial charge is 0.354 e. The molecular weight excluding hydrogens is 280 g/mol. The van der Waals surface area contributed by atoms with Crippen LogP contribution in [0.3, 0.4) is 0 Å². The molecule has 8 heteroatoms. The number of H-pyrrole nitrogens is 1. The van der Waals surface area contributed by atoms with Gasteiger partial charge in [0.15, 0.2) is 0 Å². The quantitative estimate of drug-likeness (QED) is 0.710. The first-order chi connectivity index (χ1) is 9.15. The Hall–Kier alpha value is -1.41. The van der Waals surface area contributed by atoms with Gasteiger partial charge in [0, 0.05) is 6.54 Å². The number of rotatable bonds is 6. The summed E-state index contributed by atoms with van der Waals surface area (Å²) in [6, 6.07) is -0.840. The molecule has 3 N–H and O–H groups in total. The standard InChI is InChI=1S/C12H22N4O3S/c1-7(2)6-13-12(17)10(5)16-20(18,19)11-8(3)14-15-9(11)4/h7,10,16H,6H2,1-5H3,(H,13,17)(H,14,15). The van der Waals surface area contributed by atoms with Crippen LogP contribution in [-0.2, 0) is 14.8 Å². The zero-order valence-corrected chi connectivity index (χ0v) is 13.3. The molecule has 0 fully saturated rings. The molecule has 1 atom stereocenters. The highest BCUT2D eigenvalue weighted by Crippen LogP contribution is 2.16. The summed E-state index contributed by atoms with van der Waals surface area (Å²) < 4.78 is 26.8. The second-order valence-electron chi connectivity index (χ2n) is 5.25. The minimum atomic E-state index is -3.77. The van der Waals surface area contributed by atoms with Gasteiger partial charge in [-0.2, -0.15) is 9.82 Å². The van der Waals surface area contributed by atoms with Gasteiger partial charge in [-0.3, -0.25) is 9.89 Å². The molecule has 0 saturated heterocycles. The van der Waals surface area contributed by atoms with Crippen molar-refractivity contribution in [3.8, 4) is 0 Å². The highest BCUT2D eigenvalue weighted by Gasteiger charge is 2.26. The van der Waals surface area contributed by atoms with Gasteiger partial charge in [0.1, 0.15) is 4.90 Å². The van der Waals surface area contributed by atoms with Gasteiger partial charge in [-0.1, -0.05) is 13.8 Å². The van der Waals surface area contributed by atoms with Crippen LogP contribution in [0.15, 0.2) is 4.90 Å². The summed E-state index contributed by atoms with van der Waals surface area (Å²) in [6.07, 6.45) is 0. The number of carbonyl (C=O) groups excluding carboxylic acids is 1. The van der Waals surface area contributed by atoms with Crippen LogP contribution >= 0.6 is 0 Å². The monoisotopic (exact) mass is 302 g/mol. The van der Waals surface area contributed by atoms with Crippen molar-refractivity contribution in [3.05, 3.63) is 11.4 Å². The lowest BCUT2D eigenvalue weighted by molar-refractivity contribution is -0.122. The number of sulfonamides is 1. The number of hydrogen-bond acceptors (Lipinski definition) is 4. The van der Waals surface area contributed by atoms with Crippen LogP contribution in [-0.4, -0.2) is 37.1 Å². The molecule has 1 aromatic heterocycles. The Morgan fingerprint density at radius 2 is 1.90 bits per heavy atom. The van der Waals surface area contributed by atoms with E-state index in [4.69, 9.17) is 0 Å². The SMILES string of the molecule is Cc1n[nH]c(C)c1S(=O)(=O)NC(C)C(=O)NCC(C)C. The van der Waals surface area contributed by atoms with Crippen molar-refractivity contribution < 1.29 is 13.2 Å². The number of nitrogens with one attached hydrogen (secondary N) is 3. The number of hydrogen-bond donors (Lipinski definition) is 3. The van der Waals surface area contributed by atoms with Crippen molar-refractivity contribution in [2.75, 3.05) is 6.54 Å². The summed E-state index contributed by atoms with van der Waals surface area (Å²) in [7, 11) is -3.77. The van der Waals surface area contributed by atoms with Gasteiger partial charge in [-0.05, 0) is 26.7 Å². The van der Waals surface area contributed by atoms with Gasteiger partial charge in [0.25, 0.3) is 0 Å². The maximum Gasteiger partial charge on any atom is 0.244 e. The van der Waals surface area contributed by atoms with Crippen LogP contribution in [0.4, 0.5) is 0 Å². The minimum Gasteiger partial charge on any atom is -0.354 e. The second-order valence-corrected chi connectivity index (χ2v) is 6.90. The molecule has 1 heterocycles. The lowest BCUT2D eigenvalue weighted by atomic mass is 10.2. The molecule has 0 aliphatic heterocycles. The lowest BCUT2D eigenvalue weighted by Crippen LogP contribution is -2.45. The summed E-state index contributed by atoms with van der Waals surface area (Å²) in [5.41, 5.74) is 0.828. The molecule has 1 unspecified atom stereocenters. The highest BCUT2D eigenvalue weighted by molar-refractivity contribution is 7.89. The van der Waals surface area contributed by atoms with Gasteiger partial charge in [-0.15, -0.1) is 0 Å². The van der Waals surface area contributed by atoms with Gasteiger partial charge >= 0.3 is 0 Å². The van der Waals surface area contributed by atoms with E-state index in [9.17, 15) is 13.2 Å². The molecule has 0 saturated carbocycles. The zero-order chi connectivity index (χ0) is 15.5.